The summed E-state index contributed by atoms with van der Waals surface area (Å²) < 4.78 is 0. The van der Waals surface area contributed by atoms with E-state index in [9.17, 15) is 4.79 Å². The van der Waals surface area contributed by atoms with Gasteiger partial charge in [0.15, 0.2) is 0 Å². The van der Waals surface area contributed by atoms with Gasteiger partial charge >= 0.3 is 0 Å². The van der Waals surface area contributed by atoms with Crippen LogP contribution in [0.1, 0.15) is 21.6 Å². The number of hydrogen-bond donors (Lipinski definition) is 1. The van der Waals surface area contributed by atoms with Gasteiger partial charge in [-0.05, 0) is 34.4 Å². The average molecular weight is 353 g/mol. The van der Waals surface area contributed by atoms with E-state index in [1.165, 1.54) is 16.5 Å². The van der Waals surface area contributed by atoms with Gasteiger partial charge < -0.3 is 4.90 Å². The molecular weight excluding hydrogens is 334 g/mol. The summed E-state index contributed by atoms with van der Waals surface area (Å²) in [5, 5.41) is 9.67. The van der Waals surface area contributed by atoms with E-state index in [0.717, 1.165) is 29.6 Å². The number of carbonyl (C=O) groups excluding carboxylic acids is 1. The Morgan fingerprint density at radius 2 is 1.70 bits per heavy atom. The molecule has 0 aliphatic carbocycles. The lowest BCUT2D eigenvalue weighted by atomic mass is 9.99. The monoisotopic (exact) mass is 353 g/mol. The van der Waals surface area contributed by atoms with Crippen LogP contribution in [0, 0.1) is 0 Å². The highest BCUT2D eigenvalue weighted by molar-refractivity contribution is 5.98. The van der Waals surface area contributed by atoms with Crippen LogP contribution in [0.3, 0.4) is 0 Å². The molecule has 132 valence electrons. The number of carbonyl (C=O) groups is 1. The van der Waals surface area contributed by atoms with Crippen molar-refractivity contribution >= 4 is 16.7 Å². The van der Waals surface area contributed by atoms with E-state index in [-0.39, 0.29) is 5.91 Å². The van der Waals surface area contributed by atoms with Crippen molar-refractivity contribution in [1.29, 1.82) is 0 Å². The minimum atomic E-state index is 0.00323. The molecule has 0 saturated heterocycles. The second-order valence-corrected chi connectivity index (χ2v) is 6.94. The number of nitrogens with zero attached hydrogens (tertiary/aromatic N) is 2. The lowest BCUT2D eigenvalue weighted by Gasteiger charge is -2.28. The molecule has 0 radical (unpaired) electrons. The summed E-state index contributed by atoms with van der Waals surface area (Å²) in [5.74, 6) is 0.00323. The van der Waals surface area contributed by atoms with Crippen LogP contribution in [0.5, 0.6) is 0 Å². The van der Waals surface area contributed by atoms with Crippen molar-refractivity contribution in [3.63, 3.8) is 0 Å². The van der Waals surface area contributed by atoms with Crippen LogP contribution < -0.4 is 0 Å². The van der Waals surface area contributed by atoms with Crippen molar-refractivity contribution in [3.8, 4) is 11.3 Å². The molecule has 0 bridgehead atoms. The predicted octanol–water partition coefficient (Wildman–Crippen LogP) is 4.43. The zero-order valence-corrected chi connectivity index (χ0v) is 14.9. The molecule has 2 heterocycles. The Labute approximate surface area is 157 Å². The van der Waals surface area contributed by atoms with E-state index in [4.69, 9.17) is 0 Å². The Morgan fingerprint density at radius 1 is 0.926 bits per heavy atom. The molecule has 1 aliphatic rings. The van der Waals surface area contributed by atoms with Crippen LogP contribution >= 0.6 is 0 Å². The Morgan fingerprint density at radius 3 is 2.63 bits per heavy atom. The minimum absolute atomic E-state index is 0.00323. The molecule has 4 heteroatoms. The molecule has 3 aromatic carbocycles. The molecule has 0 saturated carbocycles. The smallest absolute Gasteiger partial charge is 0.272 e. The van der Waals surface area contributed by atoms with Crippen LogP contribution in [0.25, 0.3) is 22.0 Å². The number of H-pyrrole nitrogens is 1. The van der Waals surface area contributed by atoms with E-state index in [1.807, 2.05) is 41.3 Å². The van der Waals surface area contributed by atoms with E-state index in [2.05, 4.69) is 46.6 Å². The van der Waals surface area contributed by atoms with Gasteiger partial charge in [-0.15, -0.1) is 0 Å². The maximum absolute atomic E-state index is 13.0. The number of amides is 1. The largest absolute Gasteiger partial charge is 0.333 e. The molecule has 0 fully saturated rings. The average Bonchev–Trinajstić information content (AvgIpc) is 3.22. The molecule has 1 aromatic heterocycles. The van der Waals surface area contributed by atoms with Crippen LogP contribution in [0.2, 0.25) is 0 Å². The number of hydrogen-bond acceptors (Lipinski definition) is 2. The highest BCUT2D eigenvalue weighted by Crippen LogP contribution is 2.28. The number of benzene rings is 3. The first kappa shape index (κ1) is 15.8. The van der Waals surface area contributed by atoms with Crippen LogP contribution in [0.15, 0.2) is 72.8 Å². The minimum Gasteiger partial charge on any atom is -0.333 e. The quantitative estimate of drug-likeness (QED) is 0.580. The van der Waals surface area contributed by atoms with Crippen molar-refractivity contribution in [2.75, 3.05) is 6.54 Å². The van der Waals surface area contributed by atoms with Crippen LogP contribution in [-0.2, 0) is 13.0 Å². The van der Waals surface area contributed by atoms with Gasteiger partial charge in [0.2, 0.25) is 0 Å². The van der Waals surface area contributed by atoms with Gasteiger partial charge in [0.25, 0.3) is 5.91 Å². The molecule has 4 nitrogen and oxygen atoms in total. The second-order valence-electron chi connectivity index (χ2n) is 6.94. The molecule has 0 unspecified atom stereocenters. The van der Waals surface area contributed by atoms with Crippen molar-refractivity contribution in [3.05, 3.63) is 89.6 Å². The van der Waals surface area contributed by atoms with E-state index in [0.29, 0.717) is 12.2 Å². The van der Waals surface area contributed by atoms with Crippen molar-refractivity contribution < 1.29 is 4.79 Å². The molecule has 1 aliphatic heterocycles. The zero-order chi connectivity index (χ0) is 18.2. The van der Waals surface area contributed by atoms with E-state index >= 15 is 0 Å². The Bertz CT molecular complexity index is 1140. The van der Waals surface area contributed by atoms with Gasteiger partial charge in [-0.1, -0.05) is 66.7 Å². The summed E-state index contributed by atoms with van der Waals surface area (Å²) in [6.45, 7) is 1.39. The van der Waals surface area contributed by atoms with Gasteiger partial charge in [-0.2, -0.15) is 5.10 Å². The summed E-state index contributed by atoms with van der Waals surface area (Å²) in [6.07, 6.45) is 0.895. The fourth-order valence-electron chi connectivity index (χ4n) is 3.86. The molecule has 0 atom stereocenters. The van der Waals surface area contributed by atoms with E-state index < -0.39 is 0 Å². The van der Waals surface area contributed by atoms with Crippen LogP contribution in [0.4, 0.5) is 0 Å². The maximum atomic E-state index is 13.0. The fraction of sp³-hybridized carbons (Fsp3) is 0.130. The SMILES string of the molecule is O=C(c1cc(-c2cccc3ccccc23)n[nH]1)N1CCc2ccccc2C1. The maximum Gasteiger partial charge on any atom is 0.272 e. The third-order valence-corrected chi connectivity index (χ3v) is 5.29. The molecule has 0 spiro atoms. The zero-order valence-electron chi connectivity index (χ0n) is 14.9. The Balaban J connectivity index is 1.45. The van der Waals surface area contributed by atoms with Gasteiger partial charge in [0.1, 0.15) is 5.69 Å². The molecule has 27 heavy (non-hydrogen) atoms. The molecule has 4 aromatic rings. The predicted molar refractivity (Wildman–Crippen MR) is 106 cm³/mol. The standard InChI is InChI=1S/C23H19N3O/c27-23(26-13-12-16-6-1-2-8-18(16)15-26)22-14-21(24-25-22)20-11-5-9-17-7-3-4-10-19(17)20/h1-11,14H,12-13,15H2,(H,24,25). The first-order valence-electron chi connectivity index (χ1n) is 9.19. The summed E-state index contributed by atoms with van der Waals surface area (Å²) in [6, 6.07) is 24.6. The number of fused-ring (bicyclic) bond motifs is 2. The number of rotatable bonds is 2. The summed E-state index contributed by atoms with van der Waals surface area (Å²) in [4.78, 5) is 14.9. The van der Waals surface area contributed by atoms with Crippen LogP contribution in [-0.4, -0.2) is 27.5 Å². The molecule has 5 rings (SSSR count). The first-order valence-corrected chi connectivity index (χ1v) is 9.19. The lowest BCUT2D eigenvalue weighted by Crippen LogP contribution is -2.36. The highest BCUT2D eigenvalue weighted by atomic mass is 16.2. The normalized spacial score (nSPS) is 13.6. The van der Waals surface area contributed by atoms with E-state index in [1.54, 1.807) is 0 Å². The second kappa shape index (κ2) is 6.40. The van der Waals surface area contributed by atoms with Gasteiger partial charge in [0, 0.05) is 18.7 Å². The van der Waals surface area contributed by atoms with Crippen molar-refractivity contribution in [2.45, 2.75) is 13.0 Å². The van der Waals surface area contributed by atoms with Crippen molar-refractivity contribution in [1.82, 2.24) is 15.1 Å². The summed E-state index contributed by atoms with van der Waals surface area (Å²) in [7, 11) is 0. The Hall–Kier alpha value is -3.40. The highest BCUT2D eigenvalue weighted by Gasteiger charge is 2.23. The molecule has 1 amide bonds. The van der Waals surface area contributed by atoms with Gasteiger partial charge in [-0.3, -0.25) is 9.89 Å². The fourth-order valence-corrected chi connectivity index (χ4v) is 3.86. The van der Waals surface area contributed by atoms with Crippen molar-refractivity contribution in [2.24, 2.45) is 0 Å². The molecule has 1 N–H and O–H groups in total. The topological polar surface area (TPSA) is 49.0 Å². The Kier molecular flexibility index (Phi) is 3.75. The van der Waals surface area contributed by atoms with Gasteiger partial charge in [-0.25, -0.2) is 0 Å². The van der Waals surface area contributed by atoms with Gasteiger partial charge in [0.05, 0.1) is 5.69 Å². The molecular formula is C23H19N3O. The number of aromatic nitrogens is 2. The third kappa shape index (κ3) is 2.79. The number of aromatic amines is 1. The number of nitrogens with one attached hydrogen (secondary N) is 1. The summed E-state index contributed by atoms with van der Waals surface area (Å²) in [5.41, 5.74) is 4.94. The summed E-state index contributed by atoms with van der Waals surface area (Å²) >= 11 is 0. The lowest BCUT2D eigenvalue weighted by molar-refractivity contribution is 0.0728. The third-order valence-electron chi connectivity index (χ3n) is 5.29. The first-order chi connectivity index (χ1) is 13.3.